The van der Waals surface area contributed by atoms with Crippen molar-refractivity contribution in [2.45, 2.75) is 25.2 Å². The maximum Gasteiger partial charge on any atom is 0.236 e. The van der Waals surface area contributed by atoms with Crippen LogP contribution >= 0.6 is 0 Å². The number of hydrogen-bond donors (Lipinski definition) is 0. The minimum Gasteiger partial charge on any atom is -0.362 e. The minimum absolute atomic E-state index is 0.0954. The van der Waals surface area contributed by atoms with Crippen LogP contribution in [0.1, 0.15) is 12.5 Å². The van der Waals surface area contributed by atoms with Crippen molar-refractivity contribution in [2.75, 3.05) is 0 Å². The normalized spacial score (nSPS) is 37.9. The molecule has 3 aliphatic heterocycles. The summed E-state index contributed by atoms with van der Waals surface area (Å²) in [5.41, 5.74) is 0.369. The largest absolute Gasteiger partial charge is 0.362 e. The summed E-state index contributed by atoms with van der Waals surface area (Å²) in [6.07, 6.45) is 3.61. The number of likely N-dealkylation sites (tertiary alicyclic amines) is 1. The minimum atomic E-state index is -0.604. The lowest BCUT2D eigenvalue weighted by atomic mass is 9.78. The van der Waals surface area contributed by atoms with Gasteiger partial charge >= 0.3 is 0 Å². The summed E-state index contributed by atoms with van der Waals surface area (Å²) in [5.74, 6) is -0.880. The summed E-state index contributed by atoms with van der Waals surface area (Å²) in [4.78, 5) is 26.5. The van der Waals surface area contributed by atoms with E-state index in [0.29, 0.717) is 6.54 Å². The van der Waals surface area contributed by atoms with Crippen LogP contribution in [0.25, 0.3) is 0 Å². The highest BCUT2D eigenvalue weighted by atomic mass is 16.5. The summed E-state index contributed by atoms with van der Waals surface area (Å²) >= 11 is 0. The van der Waals surface area contributed by atoms with Crippen LogP contribution in [-0.2, 0) is 20.9 Å². The fourth-order valence-corrected chi connectivity index (χ4v) is 3.63. The second-order valence-corrected chi connectivity index (χ2v) is 5.88. The quantitative estimate of drug-likeness (QED) is 0.604. The van der Waals surface area contributed by atoms with Crippen LogP contribution in [0.3, 0.4) is 0 Å². The predicted octanol–water partition coefficient (Wildman–Crippen LogP) is 1.52. The van der Waals surface area contributed by atoms with E-state index in [4.69, 9.17) is 4.74 Å². The Kier molecular flexibility index (Phi) is 2.25. The molecule has 2 amide bonds. The molecule has 4 rings (SSSR count). The van der Waals surface area contributed by atoms with E-state index < -0.39 is 5.60 Å². The molecule has 0 aliphatic carbocycles. The van der Waals surface area contributed by atoms with Crippen molar-refractivity contribution >= 4 is 11.8 Å². The molecule has 3 heterocycles. The summed E-state index contributed by atoms with van der Waals surface area (Å²) < 4.78 is 5.79. The topological polar surface area (TPSA) is 46.6 Å². The molecule has 3 aliphatic rings. The van der Waals surface area contributed by atoms with E-state index in [1.54, 1.807) is 0 Å². The molecule has 2 saturated heterocycles. The molecule has 0 aromatic heterocycles. The molecule has 1 aromatic rings. The van der Waals surface area contributed by atoms with Gasteiger partial charge in [-0.2, -0.15) is 0 Å². The Labute approximate surface area is 117 Å². The van der Waals surface area contributed by atoms with Gasteiger partial charge in [0.05, 0.1) is 30.1 Å². The number of hydrogen-bond acceptors (Lipinski definition) is 3. The van der Waals surface area contributed by atoms with Gasteiger partial charge in [0.2, 0.25) is 11.8 Å². The van der Waals surface area contributed by atoms with Crippen LogP contribution in [-0.4, -0.2) is 28.4 Å². The molecule has 2 fully saturated rings. The molecule has 0 unspecified atom stereocenters. The lowest BCUT2D eigenvalue weighted by Gasteiger charge is -2.24. The van der Waals surface area contributed by atoms with E-state index >= 15 is 0 Å². The van der Waals surface area contributed by atoms with Crippen LogP contribution in [0.5, 0.6) is 0 Å². The summed E-state index contributed by atoms with van der Waals surface area (Å²) in [6.45, 7) is 2.25. The fraction of sp³-hybridized carbons (Fsp3) is 0.375. The first-order chi connectivity index (χ1) is 9.60. The molecule has 4 atom stereocenters. The summed E-state index contributed by atoms with van der Waals surface area (Å²) in [7, 11) is 0. The van der Waals surface area contributed by atoms with Gasteiger partial charge in [0.25, 0.3) is 0 Å². The first kappa shape index (κ1) is 11.9. The van der Waals surface area contributed by atoms with Gasteiger partial charge in [-0.3, -0.25) is 14.5 Å². The highest BCUT2D eigenvalue weighted by Gasteiger charge is 2.65. The van der Waals surface area contributed by atoms with E-state index in [2.05, 4.69) is 0 Å². The van der Waals surface area contributed by atoms with Crippen molar-refractivity contribution in [3.05, 3.63) is 48.0 Å². The van der Waals surface area contributed by atoms with Gasteiger partial charge in [0.1, 0.15) is 0 Å². The Hall–Kier alpha value is -1.94. The third-order valence-electron chi connectivity index (χ3n) is 4.60. The molecule has 0 radical (unpaired) electrons. The first-order valence-electron chi connectivity index (χ1n) is 6.86. The first-order valence-corrected chi connectivity index (χ1v) is 6.86. The zero-order valence-corrected chi connectivity index (χ0v) is 11.2. The van der Waals surface area contributed by atoms with Gasteiger partial charge in [-0.1, -0.05) is 42.5 Å². The molecular formula is C16H15NO3. The molecule has 102 valence electrons. The molecule has 4 nitrogen and oxygen atoms in total. The molecule has 2 bridgehead atoms. The molecule has 20 heavy (non-hydrogen) atoms. The number of fused-ring (bicyclic) bond motifs is 5. The predicted molar refractivity (Wildman–Crippen MR) is 71.4 cm³/mol. The van der Waals surface area contributed by atoms with Crippen LogP contribution in [0.4, 0.5) is 0 Å². The van der Waals surface area contributed by atoms with E-state index in [9.17, 15) is 9.59 Å². The maximum absolute atomic E-state index is 12.6. The van der Waals surface area contributed by atoms with Gasteiger partial charge in [-0.05, 0) is 12.5 Å². The fourth-order valence-electron chi connectivity index (χ4n) is 3.63. The van der Waals surface area contributed by atoms with Crippen molar-refractivity contribution in [1.29, 1.82) is 0 Å². The molecule has 0 N–H and O–H groups in total. The van der Waals surface area contributed by atoms with Crippen molar-refractivity contribution in [3.63, 3.8) is 0 Å². The van der Waals surface area contributed by atoms with Crippen molar-refractivity contribution in [3.8, 4) is 0 Å². The van der Waals surface area contributed by atoms with E-state index in [1.807, 2.05) is 49.4 Å². The average Bonchev–Trinajstić information content (AvgIpc) is 3.04. The van der Waals surface area contributed by atoms with Crippen molar-refractivity contribution in [1.82, 2.24) is 4.90 Å². The van der Waals surface area contributed by atoms with Gasteiger partial charge < -0.3 is 4.74 Å². The van der Waals surface area contributed by atoms with E-state index in [-0.39, 0.29) is 29.8 Å². The monoisotopic (exact) mass is 269 g/mol. The highest BCUT2D eigenvalue weighted by Crippen LogP contribution is 2.51. The summed E-state index contributed by atoms with van der Waals surface area (Å²) in [5, 5.41) is 0. The average molecular weight is 269 g/mol. The van der Waals surface area contributed by atoms with Crippen LogP contribution < -0.4 is 0 Å². The number of rotatable bonds is 2. The maximum atomic E-state index is 12.6. The molecule has 4 heteroatoms. The summed E-state index contributed by atoms with van der Waals surface area (Å²) in [6, 6.07) is 9.61. The zero-order chi connectivity index (χ0) is 13.9. The van der Waals surface area contributed by atoms with Gasteiger partial charge in [0.15, 0.2) is 0 Å². The van der Waals surface area contributed by atoms with E-state index in [0.717, 1.165) is 5.56 Å². The number of carbonyl (C=O) groups excluding carboxylic acids is 2. The Morgan fingerprint density at radius 3 is 2.65 bits per heavy atom. The third-order valence-corrected chi connectivity index (χ3v) is 4.60. The van der Waals surface area contributed by atoms with Gasteiger partial charge in [0, 0.05) is 0 Å². The molecule has 0 spiro atoms. The Bertz CT molecular complexity index is 624. The number of imide groups is 1. The van der Waals surface area contributed by atoms with Crippen LogP contribution in [0.15, 0.2) is 42.5 Å². The Morgan fingerprint density at radius 2 is 1.95 bits per heavy atom. The lowest BCUT2D eigenvalue weighted by Crippen LogP contribution is -2.38. The SMILES string of the molecule is C[C@@]12C=C[C@@H](O1)[C@@H]1C(=O)N(Cc3ccccc3)C(=O)[C@@H]12. The molecule has 1 aromatic carbocycles. The highest BCUT2D eigenvalue weighted by molar-refractivity contribution is 6.07. The second-order valence-electron chi connectivity index (χ2n) is 5.88. The van der Waals surface area contributed by atoms with Crippen LogP contribution in [0, 0.1) is 11.8 Å². The zero-order valence-electron chi connectivity index (χ0n) is 11.2. The molecule has 0 saturated carbocycles. The molecular weight excluding hydrogens is 254 g/mol. The smallest absolute Gasteiger partial charge is 0.236 e. The number of amides is 2. The van der Waals surface area contributed by atoms with Crippen molar-refractivity contribution in [2.24, 2.45) is 11.8 Å². The van der Waals surface area contributed by atoms with Crippen LogP contribution in [0.2, 0.25) is 0 Å². The van der Waals surface area contributed by atoms with Gasteiger partial charge in [-0.15, -0.1) is 0 Å². The van der Waals surface area contributed by atoms with Gasteiger partial charge in [-0.25, -0.2) is 0 Å². The second kappa shape index (κ2) is 3.79. The number of carbonyl (C=O) groups is 2. The Balaban J connectivity index is 1.66. The number of ether oxygens (including phenoxy) is 1. The van der Waals surface area contributed by atoms with E-state index in [1.165, 1.54) is 4.90 Å². The Morgan fingerprint density at radius 1 is 1.20 bits per heavy atom. The van der Waals surface area contributed by atoms with Crippen molar-refractivity contribution < 1.29 is 14.3 Å². The number of nitrogens with zero attached hydrogens (tertiary/aromatic N) is 1. The third kappa shape index (κ3) is 1.40. The lowest BCUT2D eigenvalue weighted by molar-refractivity contribution is -0.144. The standard InChI is InChI=1S/C16H15NO3/c1-16-8-7-11(20-16)12-13(16)15(19)17(14(12)18)9-10-5-3-2-4-6-10/h2-8,11-13H,9H2,1H3/t11-,12+,13-,16+/m1/s1. The number of benzene rings is 1.